The summed E-state index contributed by atoms with van der Waals surface area (Å²) in [5.74, 6) is 1.19. The molecule has 0 aliphatic rings. The highest BCUT2D eigenvalue weighted by atomic mass is 79.9. The third-order valence-corrected chi connectivity index (χ3v) is 5.46. The number of nitrogens with two attached hydrogens (primary N) is 1. The van der Waals surface area contributed by atoms with Gasteiger partial charge in [-0.05, 0) is 64.3 Å². The third-order valence-electron chi connectivity index (χ3n) is 3.39. The Morgan fingerprint density at radius 1 is 1.12 bits per heavy atom. The van der Waals surface area contributed by atoms with Crippen LogP contribution in [0.4, 0.5) is 5.69 Å². The van der Waals surface area contributed by atoms with Gasteiger partial charge in [0.2, 0.25) is 10.0 Å². The van der Waals surface area contributed by atoms with Gasteiger partial charge in [-0.3, -0.25) is 0 Å². The molecule has 0 heterocycles. The van der Waals surface area contributed by atoms with E-state index in [0.29, 0.717) is 23.6 Å². The van der Waals surface area contributed by atoms with Crippen LogP contribution in [-0.2, 0) is 16.4 Å². The van der Waals surface area contributed by atoms with Crippen LogP contribution in [0.5, 0.6) is 11.5 Å². The molecule has 0 fully saturated rings. The Balaban J connectivity index is 2.06. The van der Waals surface area contributed by atoms with Gasteiger partial charge in [0.05, 0.1) is 23.6 Å². The summed E-state index contributed by atoms with van der Waals surface area (Å²) in [4.78, 5) is 0.185. The summed E-state index contributed by atoms with van der Waals surface area (Å²) in [6.45, 7) is 0.259. The molecule has 0 aliphatic carbocycles. The molecular formula is C16H19BrN2O4S. The number of methoxy groups -OCH3 is 2. The third kappa shape index (κ3) is 4.40. The lowest BCUT2D eigenvalue weighted by atomic mass is 10.1. The van der Waals surface area contributed by atoms with E-state index >= 15 is 0 Å². The molecule has 130 valence electrons. The van der Waals surface area contributed by atoms with Crippen LogP contribution in [0, 0.1) is 0 Å². The average molecular weight is 415 g/mol. The lowest BCUT2D eigenvalue weighted by Gasteiger charge is -2.12. The van der Waals surface area contributed by atoms with E-state index in [2.05, 4.69) is 20.7 Å². The van der Waals surface area contributed by atoms with Crippen molar-refractivity contribution in [3.63, 3.8) is 0 Å². The Hall–Kier alpha value is -1.77. The van der Waals surface area contributed by atoms with E-state index in [1.165, 1.54) is 12.1 Å². The van der Waals surface area contributed by atoms with E-state index in [1.54, 1.807) is 26.4 Å². The lowest BCUT2D eigenvalue weighted by Crippen LogP contribution is -2.26. The van der Waals surface area contributed by atoms with E-state index in [9.17, 15) is 8.42 Å². The molecule has 2 aromatic carbocycles. The first kappa shape index (κ1) is 18.6. The van der Waals surface area contributed by atoms with E-state index in [1.807, 2.05) is 12.1 Å². The number of benzene rings is 2. The second-order valence-corrected chi connectivity index (χ2v) is 7.65. The van der Waals surface area contributed by atoms with Crippen molar-refractivity contribution in [2.24, 2.45) is 0 Å². The number of rotatable bonds is 7. The predicted octanol–water partition coefficient (Wildman–Crippen LogP) is 2.57. The van der Waals surface area contributed by atoms with Crippen LogP contribution in [-0.4, -0.2) is 29.2 Å². The maximum absolute atomic E-state index is 12.2. The molecule has 0 aliphatic heterocycles. The van der Waals surface area contributed by atoms with E-state index in [-0.39, 0.29) is 11.4 Å². The summed E-state index contributed by atoms with van der Waals surface area (Å²) in [5, 5.41) is 0. The van der Waals surface area contributed by atoms with Crippen molar-refractivity contribution in [3.8, 4) is 11.5 Å². The quantitative estimate of drug-likeness (QED) is 0.679. The van der Waals surface area contributed by atoms with Crippen molar-refractivity contribution < 1.29 is 17.9 Å². The molecule has 2 aromatic rings. The van der Waals surface area contributed by atoms with E-state index in [4.69, 9.17) is 15.2 Å². The molecule has 8 heteroatoms. The van der Waals surface area contributed by atoms with E-state index in [0.717, 1.165) is 10.0 Å². The van der Waals surface area contributed by atoms with Gasteiger partial charge in [-0.1, -0.05) is 0 Å². The second-order valence-electron chi connectivity index (χ2n) is 5.03. The molecule has 0 aromatic heterocycles. The van der Waals surface area contributed by atoms with Gasteiger partial charge >= 0.3 is 0 Å². The maximum Gasteiger partial charge on any atom is 0.240 e. The van der Waals surface area contributed by atoms with Crippen molar-refractivity contribution in [2.45, 2.75) is 11.3 Å². The smallest absolute Gasteiger partial charge is 0.240 e. The van der Waals surface area contributed by atoms with Gasteiger partial charge in [0.1, 0.15) is 0 Å². The van der Waals surface area contributed by atoms with Crippen LogP contribution in [0.2, 0.25) is 0 Å². The van der Waals surface area contributed by atoms with Crippen LogP contribution in [0.1, 0.15) is 5.56 Å². The first-order valence-corrected chi connectivity index (χ1v) is 9.40. The molecule has 0 saturated heterocycles. The second kappa shape index (κ2) is 7.87. The summed E-state index contributed by atoms with van der Waals surface area (Å²) in [6.07, 6.45) is 0.507. The molecular weight excluding hydrogens is 396 g/mol. The van der Waals surface area contributed by atoms with Crippen molar-refractivity contribution in [1.82, 2.24) is 4.72 Å². The summed E-state index contributed by atoms with van der Waals surface area (Å²) >= 11 is 3.42. The van der Waals surface area contributed by atoms with Crippen molar-refractivity contribution in [3.05, 3.63) is 46.4 Å². The van der Waals surface area contributed by atoms with Crippen LogP contribution >= 0.6 is 15.9 Å². The Morgan fingerprint density at radius 2 is 1.79 bits per heavy atom. The molecule has 0 unspecified atom stereocenters. The highest BCUT2D eigenvalue weighted by molar-refractivity contribution is 9.10. The molecule has 0 radical (unpaired) electrons. The fourth-order valence-electron chi connectivity index (χ4n) is 2.18. The van der Waals surface area contributed by atoms with Crippen molar-refractivity contribution in [2.75, 3.05) is 26.5 Å². The number of halogens is 1. The summed E-state index contributed by atoms with van der Waals surface area (Å²) in [6, 6.07) is 9.76. The van der Waals surface area contributed by atoms with Gasteiger partial charge < -0.3 is 15.2 Å². The first-order chi connectivity index (χ1) is 11.4. The minimum absolute atomic E-state index is 0.185. The molecule has 3 N–H and O–H groups in total. The van der Waals surface area contributed by atoms with Gasteiger partial charge in [0.15, 0.2) is 11.5 Å². The minimum Gasteiger partial charge on any atom is -0.493 e. The molecule has 0 bridgehead atoms. The monoisotopic (exact) mass is 414 g/mol. The molecule has 6 nitrogen and oxygen atoms in total. The Morgan fingerprint density at radius 3 is 2.38 bits per heavy atom. The first-order valence-electron chi connectivity index (χ1n) is 7.13. The fourth-order valence-corrected chi connectivity index (χ4v) is 3.86. The Labute approximate surface area is 150 Å². The zero-order valence-electron chi connectivity index (χ0n) is 13.4. The zero-order valence-corrected chi connectivity index (χ0v) is 15.8. The number of anilines is 1. The lowest BCUT2D eigenvalue weighted by molar-refractivity contribution is 0.352. The molecule has 0 saturated carbocycles. The minimum atomic E-state index is -3.56. The van der Waals surface area contributed by atoms with Gasteiger partial charge in [-0.25, -0.2) is 13.1 Å². The Bertz CT molecular complexity index is 808. The number of ether oxygens (including phenoxy) is 2. The molecule has 24 heavy (non-hydrogen) atoms. The van der Waals surface area contributed by atoms with Gasteiger partial charge in [-0.2, -0.15) is 0 Å². The normalized spacial score (nSPS) is 11.3. The molecule has 0 amide bonds. The summed E-state index contributed by atoms with van der Waals surface area (Å²) in [7, 11) is -0.447. The van der Waals surface area contributed by atoms with Crippen LogP contribution in [0.25, 0.3) is 0 Å². The highest BCUT2D eigenvalue weighted by Gasteiger charge is 2.14. The fraction of sp³-hybridized carbons (Fsp3) is 0.250. The summed E-state index contributed by atoms with van der Waals surface area (Å²) in [5.41, 5.74) is 7.00. The van der Waals surface area contributed by atoms with Crippen LogP contribution < -0.4 is 19.9 Å². The number of nitrogens with one attached hydrogen (secondary N) is 1. The van der Waals surface area contributed by atoms with Gasteiger partial charge in [0.25, 0.3) is 0 Å². The predicted molar refractivity (Wildman–Crippen MR) is 97.0 cm³/mol. The number of nitrogen functional groups attached to an aromatic ring is 1. The standard InChI is InChI=1S/C16H19BrN2O4S/c1-22-15-10-11(9-14(17)16(15)23-2)7-8-19-24(20,21)13-5-3-12(18)4-6-13/h3-6,9-10,19H,7-8,18H2,1-2H3. The number of hydrogen-bond acceptors (Lipinski definition) is 5. The molecule has 0 atom stereocenters. The maximum atomic E-state index is 12.2. The SMILES string of the molecule is COc1cc(CCNS(=O)(=O)c2ccc(N)cc2)cc(Br)c1OC. The zero-order chi connectivity index (χ0) is 17.7. The summed E-state index contributed by atoms with van der Waals surface area (Å²) < 4.78 is 38.3. The van der Waals surface area contributed by atoms with Crippen molar-refractivity contribution in [1.29, 1.82) is 0 Å². The largest absolute Gasteiger partial charge is 0.493 e. The van der Waals surface area contributed by atoms with Crippen LogP contribution in [0.15, 0.2) is 45.8 Å². The number of hydrogen-bond donors (Lipinski definition) is 2. The average Bonchev–Trinajstić information content (AvgIpc) is 2.54. The van der Waals surface area contributed by atoms with Gasteiger partial charge in [0, 0.05) is 12.2 Å². The molecule has 0 spiro atoms. The molecule has 2 rings (SSSR count). The number of sulfonamides is 1. The topological polar surface area (TPSA) is 90.7 Å². The van der Waals surface area contributed by atoms with Crippen molar-refractivity contribution >= 4 is 31.6 Å². The van der Waals surface area contributed by atoms with Gasteiger partial charge in [-0.15, -0.1) is 0 Å². The Kier molecular flexibility index (Phi) is 6.09. The highest BCUT2D eigenvalue weighted by Crippen LogP contribution is 2.36. The van der Waals surface area contributed by atoms with E-state index < -0.39 is 10.0 Å². The van der Waals surface area contributed by atoms with Crippen LogP contribution in [0.3, 0.4) is 0 Å².